The zero-order valence-electron chi connectivity index (χ0n) is 13.7. The van der Waals surface area contributed by atoms with Crippen LogP contribution in [-0.4, -0.2) is 72.0 Å². The number of nitrogens with zero attached hydrogens (tertiary/aromatic N) is 5. The van der Waals surface area contributed by atoms with E-state index >= 15 is 0 Å². The van der Waals surface area contributed by atoms with Gasteiger partial charge in [0.05, 0.1) is 0 Å². The third kappa shape index (κ3) is 4.74. The molecule has 0 aromatic carbocycles. The summed E-state index contributed by atoms with van der Waals surface area (Å²) in [4.78, 5) is 13.6. The summed E-state index contributed by atoms with van der Waals surface area (Å²) in [5, 5.41) is 4.52. The van der Waals surface area contributed by atoms with E-state index in [9.17, 15) is 0 Å². The first-order valence-electron chi connectivity index (χ1n) is 7.80. The maximum Gasteiger partial charge on any atom is 0.205 e. The zero-order chi connectivity index (χ0) is 15.8. The lowest BCUT2D eigenvalue weighted by atomic mass is 10.3. The highest BCUT2D eigenvalue weighted by atomic mass is 32.2. The van der Waals surface area contributed by atoms with Crippen molar-refractivity contribution < 1.29 is 0 Å². The Morgan fingerprint density at radius 1 is 1.36 bits per heavy atom. The Labute approximate surface area is 141 Å². The third-order valence-electron chi connectivity index (χ3n) is 3.64. The molecule has 0 aliphatic carbocycles. The number of rotatable bonds is 6. The Bertz CT molecular complexity index is 468. The number of hydrogen-bond donors (Lipinski definition) is 1. The van der Waals surface area contributed by atoms with Crippen LogP contribution in [0.1, 0.15) is 19.2 Å². The Balaban J connectivity index is 1.80. The summed E-state index contributed by atoms with van der Waals surface area (Å²) >= 11 is 3.40. The SMILES string of the molecule is CCc1nsc(N2CCN(C(=NC)NCCCSC)CC2)n1. The van der Waals surface area contributed by atoms with Crippen LogP contribution in [-0.2, 0) is 6.42 Å². The molecule has 124 valence electrons. The van der Waals surface area contributed by atoms with Crippen LogP contribution in [0.4, 0.5) is 5.13 Å². The van der Waals surface area contributed by atoms with E-state index in [0.717, 1.165) is 56.1 Å². The molecule has 1 aromatic heterocycles. The molecule has 1 aliphatic rings. The normalized spacial score (nSPS) is 16.2. The first-order chi connectivity index (χ1) is 10.8. The van der Waals surface area contributed by atoms with Crippen LogP contribution in [0.25, 0.3) is 0 Å². The molecule has 1 N–H and O–H groups in total. The number of guanidine groups is 1. The Morgan fingerprint density at radius 2 is 2.14 bits per heavy atom. The van der Waals surface area contributed by atoms with Gasteiger partial charge in [-0.05, 0) is 18.4 Å². The maximum atomic E-state index is 4.58. The van der Waals surface area contributed by atoms with Crippen LogP contribution >= 0.6 is 23.3 Å². The molecule has 6 nitrogen and oxygen atoms in total. The van der Waals surface area contributed by atoms with Gasteiger partial charge in [0.15, 0.2) is 5.96 Å². The summed E-state index contributed by atoms with van der Waals surface area (Å²) < 4.78 is 4.38. The maximum absolute atomic E-state index is 4.58. The van der Waals surface area contributed by atoms with E-state index in [1.165, 1.54) is 23.7 Å². The van der Waals surface area contributed by atoms with Gasteiger partial charge in [0.2, 0.25) is 5.13 Å². The highest BCUT2D eigenvalue weighted by Crippen LogP contribution is 2.19. The molecule has 0 amide bonds. The molecule has 1 aromatic rings. The smallest absolute Gasteiger partial charge is 0.205 e. The molecule has 1 saturated heterocycles. The molecule has 8 heteroatoms. The van der Waals surface area contributed by atoms with Crippen LogP contribution in [0, 0.1) is 0 Å². The summed E-state index contributed by atoms with van der Waals surface area (Å²) in [6.45, 7) is 6.99. The Morgan fingerprint density at radius 3 is 2.73 bits per heavy atom. The van der Waals surface area contributed by atoms with Gasteiger partial charge in [-0.15, -0.1) is 0 Å². The lowest BCUT2D eigenvalue weighted by Gasteiger charge is -2.36. The number of aliphatic imine (C=N–C) groups is 1. The number of nitrogens with one attached hydrogen (secondary N) is 1. The van der Waals surface area contributed by atoms with Gasteiger partial charge in [0.25, 0.3) is 0 Å². The van der Waals surface area contributed by atoms with Crippen molar-refractivity contribution in [3.63, 3.8) is 0 Å². The fraction of sp³-hybridized carbons (Fsp3) is 0.786. The number of aryl methyl sites for hydroxylation is 1. The van der Waals surface area contributed by atoms with E-state index < -0.39 is 0 Å². The van der Waals surface area contributed by atoms with Gasteiger partial charge in [-0.1, -0.05) is 6.92 Å². The second kappa shape index (κ2) is 9.19. The lowest BCUT2D eigenvalue weighted by Crippen LogP contribution is -2.52. The number of piperazine rings is 1. The summed E-state index contributed by atoms with van der Waals surface area (Å²) in [6, 6.07) is 0. The van der Waals surface area contributed by atoms with Crippen molar-refractivity contribution in [1.82, 2.24) is 19.6 Å². The lowest BCUT2D eigenvalue weighted by molar-refractivity contribution is 0.372. The van der Waals surface area contributed by atoms with Gasteiger partial charge in [-0.25, -0.2) is 4.98 Å². The summed E-state index contributed by atoms with van der Waals surface area (Å²) in [5.74, 6) is 3.16. The first-order valence-corrected chi connectivity index (χ1v) is 9.97. The minimum atomic E-state index is 0.906. The van der Waals surface area contributed by atoms with Crippen molar-refractivity contribution in [3.8, 4) is 0 Å². The van der Waals surface area contributed by atoms with E-state index in [1.54, 1.807) is 0 Å². The van der Waals surface area contributed by atoms with Crippen LogP contribution in [0.3, 0.4) is 0 Å². The minimum absolute atomic E-state index is 0.906. The monoisotopic (exact) mass is 342 g/mol. The molecule has 22 heavy (non-hydrogen) atoms. The molecular formula is C14H26N6S2. The summed E-state index contributed by atoms with van der Waals surface area (Å²) in [7, 11) is 1.86. The number of hydrogen-bond acceptors (Lipinski definition) is 6. The molecular weight excluding hydrogens is 316 g/mol. The Hall–Kier alpha value is -1.02. The predicted octanol–water partition coefficient (Wildman–Crippen LogP) is 1.55. The van der Waals surface area contributed by atoms with Gasteiger partial charge >= 0.3 is 0 Å². The highest BCUT2D eigenvalue weighted by molar-refractivity contribution is 7.98. The van der Waals surface area contributed by atoms with E-state index in [0.29, 0.717) is 0 Å². The second-order valence-corrected chi connectivity index (χ2v) is 6.86. The molecule has 1 aliphatic heterocycles. The molecule has 0 atom stereocenters. The molecule has 1 fully saturated rings. The first kappa shape index (κ1) is 17.3. The molecule has 0 radical (unpaired) electrons. The van der Waals surface area contributed by atoms with Crippen molar-refractivity contribution in [2.45, 2.75) is 19.8 Å². The van der Waals surface area contributed by atoms with Gasteiger partial charge in [0.1, 0.15) is 5.82 Å². The molecule has 0 bridgehead atoms. The van der Waals surface area contributed by atoms with Crippen LogP contribution in [0.15, 0.2) is 4.99 Å². The largest absolute Gasteiger partial charge is 0.356 e. The fourth-order valence-electron chi connectivity index (χ4n) is 2.38. The summed E-state index contributed by atoms with van der Waals surface area (Å²) in [5.41, 5.74) is 0. The van der Waals surface area contributed by atoms with E-state index in [4.69, 9.17) is 0 Å². The predicted molar refractivity (Wildman–Crippen MR) is 97.4 cm³/mol. The van der Waals surface area contributed by atoms with Gasteiger partial charge in [-0.3, -0.25) is 4.99 Å². The van der Waals surface area contributed by atoms with E-state index in [-0.39, 0.29) is 0 Å². The topological polar surface area (TPSA) is 56.7 Å². The van der Waals surface area contributed by atoms with Crippen molar-refractivity contribution in [2.75, 3.05) is 56.7 Å². The van der Waals surface area contributed by atoms with E-state index in [1.807, 2.05) is 18.8 Å². The van der Waals surface area contributed by atoms with E-state index in [2.05, 4.69) is 42.6 Å². The van der Waals surface area contributed by atoms with Crippen LogP contribution < -0.4 is 10.2 Å². The molecule has 0 saturated carbocycles. The van der Waals surface area contributed by atoms with Crippen molar-refractivity contribution in [1.29, 1.82) is 0 Å². The van der Waals surface area contributed by atoms with Gasteiger partial charge in [0, 0.05) is 57.7 Å². The van der Waals surface area contributed by atoms with Crippen LogP contribution in [0.5, 0.6) is 0 Å². The number of aromatic nitrogens is 2. The molecule has 0 spiro atoms. The van der Waals surface area contributed by atoms with Crippen molar-refractivity contribution >= 4 is 34.4 Å². The fourth-order valence-corrected chi connectivity index (χ4v) is 3.61. The minimum Gasteiger partial charge on any atom is -0.356 e. The Kier molecular flexibility index (Phi) is 7.24. The third-order valence-corrected chi connectivity index (χ3v) is 5.16. The van der Waals surface area contributed by atoms with Crippen molar-refractivity contribution in [2.24, 2.45) is 4.99 Å². The molecule has 2 rings (SSSR count). The second-order valence-electron chi connectivity index (χ2n) is 5.14. The average Bonchev–Trinajstić information content (AvgIpc) is 3.04. The quantitative estimate of drug-likeness (QED) is 0.481. The highest BCUT2D eigenvalue weighted by Gasteiger charge is 2.21. The zero-order valence-corrected chi connectivity index (χ0v) is 15.3. The van der Waals surface area contributed by atoms with Crippen LogP contribution in [0.2, 0.25) is 0 Å². The standard InChI is InChI=1S/C14H26N6S2/c1-4-12-17-14(22-18-12)20-9-7-19(8-10-20)13(15-2)16-6-5-11-21-3/h4-11H2,1-3H3,(H,15,16). The summed E-state index contributed by atoms with van der Waals surface area (Å²) in [6.07, 6.45) is 4.22. The van der Waals surface area contributed by atoms with Gasteiger partial charge < -0.3 is 15.1 Å². The molecule has 0 unspecified atom stereocenters. The molecule has 2 heterocycles. The number of anilines is 1. The van der Waals surface area contributed by atoms with Crippen molar-refractivity contribution in [3.05, 3.63) is 5.82 Å². The average molecular weight is 343 g/mol. The van der Waals surface area contributed by atoms with Gasteiger partial charge in [-0.2, -0.15) is 16.1 Å². The number of thioether (sulfide) groups is 1.